The van der Waals surface area contributed by atoms with Crippen molar-refractivity contribution in [2.45, 2.75) is 0 Å². The maximum atomic E-state index is 11.6. The van der Waals surface area contributed by atoms with Crippen LogP contribution in [0.15, 0.2) is 30.3 Å². The van der Waals surface area contributed by atoms with Crippen LogP contribution in [0.25, 0.3) is 0 Å². The van der Waals surface area contributed by atoms with Crippen molar-refractivity contribution < 1.29 is 23.1 Å². The Morgan fingerprint density at radius 3 is 2.00 bits per heavy atom. The molecule has 0 aliphatic heterocycles. The average Bonchev–Trinajstić information content (AvgIpc) is 2.18. The van der Waals surface area contributed by atoms with Gasteiger partial charge in [-0.3, -0.25) is 0 Å². The van der Waals surface area contributed by atoms with E-state index < -0.39 is 7.60 Å². The van der Waals surface area contributed by atoms with E-state index in [0.29, 0.717) is 0 Å². The summed E-state index contributed by atoms with van der Waals surface area (Å²) in [5.41, 5.74) is 0. The van der Waals surface area contributed by atoms with Crippen molar-refractivity contribution in [1.82, 2.24) is 0 Å². The molecule has 12 heavy (non-hydrogen) atoms. The Hall–Kier alpha value is -0.770. The normalized spacial score (nSPS) is 11.5. The maximum Gasteiger partial charge on any atom is 0.423 e. The molecule has 0 unspecified atom stereocenters. The highest BCUT2D eigenvalue weighted by Gasteiger charge is 2.29. The maximum absolute atomic E-state index is 11.6. The smallest absolute Gasteiger partial charge is 0.249 e. The second kappa shape index (κ2) is 3.76. The van der Waals surface area contributed by atoms with Crippen LogP contribution < -0.4 is 5.30 Å². The Balaban J connectivity index is 3.04. The lowest BCUT2D eigenvalue weighted by Gasteiger charge is -2.05. The first-order valence-corrected chi connectivity index (χ1v) is 4.53. The molecule has 0 radical (unpaired) electrons. The summed E-state index contributed by atoms with van der Waals surface area (Å²) in [5, 5.41) is -0.171. The van der Waals surface area contributed by atoms with Gasteiger partial charge in [-0.05, 0) is 21.2 Å². The van der Waals surface area contributed by atoms with Crippen molar-refractivity contribution in [3.05, 3.63) is 30.3 Å². The predicted molar refractivity (Wildman–Crippen MR) is 38.1 cm³/mol. The summed E-state index contributed by atoms with van der Waals surface area (Å²) in [5.74, 6) is 0. The molecule has 0 saturated carbocycles. The molecule has 0 saturated heterocycles. The van der Waals surface area contributed by atoms with Gasteiger partial charge in [0, 0.05) is 0 Å². The number of hydrogen-bond donors (Lipinski definition) is 0. The topological polar surface area (TPSA) is 35.5 Å². The lowest BCUT2D eigenvalue weighted by Crippen LogP contribution is -2.03. The Bertz CT molecular complexity index is 282. The monoisotopic (exact) mass is 194 g/mol. The Morgan fingerprint density at radius 1 is 1.08 bits per heavy atom. The summed E-state index contributed by atoms with van der Waals surface area (Å²) in [4.78, 5) is 0. The first-order valence-electron chi connectivity index (χ1n) is 2.99. The quantitative estimate of drug-likeness (QED) is 0.692. The van der Waals surface area contributed by atoms with Gasteiger partial charge in [0.1, 0.15) is 0 Å². The molecular formula is C6H5F2O3P. The minimum absolute atomic E-state index is 0.171. The van der Waals surface area contributed by atoms with Crippen molar-refractivity contribution in [3.8, 4) is 0 Å². The van der Waals surface area contributed by atoms with Crippen LogP contribution in [0.3, 0.4) is 0 Å². The summed E-state index contributed by atoms with van der Waals surface area (Å²) in [6.07, 6.45) is 0. The molecule has 0 aliphatic rings. The van der Waals surface area contributed by atoms with Crippen LogP contribution in [0, 0.1) is 0 Å². The van der Waals surface area contributed by atoms with Crippen molar-refractivity contribution in [2.75, 3.05) is 0 Å². The highest BCUT2D eigenvalue weighted by Crippen LogP contribution is 2.47. The number of rotatable bonds is 3. The van der Waals surface area contributed by atoms with Crippen LogP contribution in [0.2, 0.25) is 0 Å². The molecule has 1 rings (SSSR count). The van der Waals surface area contributed by atoms with E-state index in [0.717, 1.165) is 0 Å². The molecule has 3 nitrogen and oxygen atoms in total. The summed E-state index contributed by atoms with van der Waals surface area (Å²) in [7, 11) is -4.37. The second-order valence-corrected chi connectivity index (χ2v) is 3.76. The fourth-order valence-corrected chi connectivity index (χ4v) is 1.42. The fourth-order valence-electron chi connectivity index (χ4n) is 0.701. The average molecular weight is 194 g/mol. The molecule has 0 fully saturated rings. The fraction of sp³-hybridized carbons (Fsp3) is 0. The molecule has 0 atom stereocenters. The molecule has 0 amide bonds. The van der Waals surface area contributed by atoms with E-state index in [2.05, 4.69) is 9.46 Å². The summed E-state index contributed by atoms with van der Waals surface area (Å²) >= 11 is 0. The molecule has 0 N–H and O–H groups in total. The van der Waals surface area contributed by atoms with Crippen molar-refractivity contribution in [2.24, 2.45) is 0 Å². The lowest BCUT2D eigenvalue weighted by atomic mass is 10.4. The molecule has 6 heteroatoms. The van der Waals surface area contributed by atoms with Crippen molar-refractivity contribution in [1.29, 1.82) is 0 Å². The third-order valence-corrected chi connectivity index (χ3v) is 2.55. The van der Waals surface area contributed by atoms with Crippen LogP contribution in [0.5, 0.6) is 0 Å². The Kier molecular flexibility index (Phi) is 2.92. The zero-order chi connectivity index (χ0) is 9.03. The van der Waals surface area contributed by atoms with E-state index in [1.165, 1.54) is 24.3 Å². The second-order valence-electron chi connectivity index (χ2n) is 1.97. The van der Waals surface area contributed by atoms with Crippen LogP contribution in [0.1, 0.15) is 0 Å². The third-order valence-electron chi connectivity index (χ3n) is 1.25. The van der Waals surface area contributed by atoms with Gasteiger partial charge in [-0.15, -0.1) is 0 Å². The van der Waals surface area contributed by atoms with Crippen molar-refractivity contribution in [3.63, 3.8) is 0 Å². The van der Waals surface area contributed by atoms with E-state index in [9.17, 15) is 13.6 Å². The van der Waals surface area contributed by atoms with Gasteiger partial charge in [0.05, 0.1) is 5.30 Å². The van der Waals surface area contributed by atoms with Gasteiger partial charge in [-0.1, -0.05) is 27.7 Å². The minimum Gasteiger partial charge on any atom is -0.249 e. The van der Waals surface area contributed by atoms with Crippen LogP contribution in [0.4, 0.5) is 9.05 Å². The molecular weight excluding hydrogens is 189 g/mol. The molecule has 1 aromatic rings. The summed E-state index contributed by atoms with van der Waals surface area (Å²) in [6, 6.07) is 6.99. The first-order chi connectivity index (χ1) is 5.73. The zero-order valence-corrected chi connectivity index (χ0v) is 6.71. The van der Waals surface area contributed by atoms with E-state index in [1.54, 1.807) is 6.07 Å². The highest BCUT2D eigenvalue weighted by atomic mass is 31.2. The minimum atomic E-state index is -4.37. The van der Waals surface area contributed by atoms with E-state index in [-0.39, 0.29) is 5.30 Å². The third kappa shape index (κ3) is 1.69. The number of halogens is 2. The molecule has 0 bridgehead atoms. The largest absolute Gasteiger partial charge is 0.423 e. The standard InChI is InChI=1S/C6H5F2O3P/c7-10-12(9,11-8)6-4-2-1-3-5-6/h1-5H. The number of hydrogen-bond acceptors (Lipinski definition) is 3. The van der Waals surface area contributed by atoms with Crippen molar-refractivity contribution >= 4 is 12.9 Å². The SMILES string of the molecule is O=P(OF)(OF)c1ccccc1. The van der Waals surface area contributed by atoms with Gasteiger partial charge >= 0.3 is 7.60 Å². The zero-order valence-electron chi connectivity index (χ0n) is 5.81. The van der Waals surface area contributed by atoms with Crippen LogP contribution in [-0.2, 0) is 14.0 Å². The molecule has 0 spiro atoms. The van der Waals surface area contributed by atoms with E-state index >= 15 is 0 Å². The van der Waals surface area contributed by atoms with Gasteiger partial charge in [-0.25, -0.2) is 4.57 Å². The molecule has 0 aromatic heterocycles. The van der Waals surface area contributed by atoms with Crippen LogP contribution >= 0.6 is 7.60 Å². The number of benzene rings is 1. The van der Waals surface area contributed by atoms with Gasteiger partial charge in [-0.2, -0.15) is 0 Å². The van der Waals surface area contributed by atoms with Gasteiger partial charge in [0.15, 0.2) is 0 Å². The Morgan fingerprint density at radius 2 is 1.58 bits per heavy atom. The lowest BCUT2D eigenvalue weighted by molar-refractivity contribution is -0.0828. The molecule has 66 valence electrons. The molecule has 0 heterocycles. The highest BCUT2D eigenvalue weighted by molar-refractivity contribution is 7.61. The summed E-state index contributed by atoms with van der Waals surface area (Å²) < 4.78 is 40.0. The first kappa shape index (κ1) is 9.32. The predicted octanol–water partition coefficient (Wildman–Crippen LogP) is 2.31. The van der Waals surface area contributed by atoms with E-state index in [4.69, 9.17) is 0 Å². The van der Waals surface area contributed by atoms with Gasteiger partial charge < -0.3 is 0 Å². The summed E-state index contributed by atoms with van der Waals surface area (Å²) in [6.45, 7) is 0. The molecule has 1 aromatic carbocycles. The molecule has 0 aliphatic carbocycles. The van der Waals surface area contributed by atoms with Gasteiger partial charge in [0.2, 0.25) is 0 Å². The van der Waals surface area contributed by atoms with Gasteiger partial charge in [0.25, 0.3) is 0 Å². The Labute approximate surface area is 67.3 Å². The van der Waals surface area contributed by atoms with Crippen LogP contribution in [-0.4, -0.2) is 0 Å². The van der Waals surface area contributed by atoms with E-state index in [1.807, 2.05) is 0 Å².